The number of hydrogen-bond acceptors (Lipinski definition) is 3. The molecule has 2 aromatic carbocycles. The van der Waals surface area contributed by atoms with Gasteiger partial charge in [-0.15, -0.1) is 0 Å². The third-order valence-electron chi connectivity index (χ3n) is 11.3. The fourth-order valence-corrected chi connectivity index (χ4v) is 8.57. The maximum absolute atomic E-state index is 15.0. The molecule has 0 aromatic heterocycles. The summed E-state index contributed by atoms with van der Waals surface area (Å²) in [7, 11) is 0. The lowest BCUT2D eigenvalue weighted by molar-refractivity contribution is 0.119. The van der Waals surface area contributed by atoms with Gasteiger partial charge in [0, 0.05) is 0 Å². The van der Waals surface area contributed by atoms with Crippen molar-refractivity contribution in [3.8, 4) is 17.2 Å². The lowest BCUT2D eigenvalue weighted by atomic mass is 9.69. The SMILES string of the molecule is CCCC1CCC(c2ccc(OCCCC3CCC(C4CCC(COc5ccc(OCC)c(F)c5F)CC4)CC3)c(F)c2F)CC1. The van der Waals surface area contributed by atoms with E-state index < -0.39 is 23.3 Å². The Hall–Kier alpha value is -2.44. The first kappa shape index (κ1) is 34.9. The van der Waals surface area contributed by atoms with E-state index >= 15 is 0 Å². The van der Waals surface area contributed by atoms with Gasteiger partial charge in [-0.2, -0.15) is 13.2 Å². The van der Waals surface area contributed by atoms with Gasteiger partial charge in [-0.3, -0.25) is 0 Å². The molecule has 0 unspecified atom stereocenters. The molecule has 3 saturated carbocycles. The van der Waals surface area contributed by atoms with Crippen LogP contribution in [0.5, 0.6) is 17.2 Å². The van der Waals surface area contributed by atoms with Crippen molar-refractivity contribution >= 4 is 0 Å². The molecule has 256 valence electrons. The van der Waals surface area contributed by atoms with Crippen molar-refractivity contribution in [3.05, 3.63) is 53.1 Å². The molecule has 3 fully saturated rings. The minimum absolute atomic E-state index is 0.0439. The van der Waals surface area contributed by atoms with E-state index in [1.807, 2.05) is 0 Å². The summed E-state index contributed by atoms with van der Waals surface area (Å²) >= 11 is 0. The molecule has 2 aromatic rings. The quantitative estimate of drug-likeness (QED) is 0.151. The molecule has 0 atom stereocenters. The largest absolute Gasteiger partial charge is 0.491 e. The van der Waals surface area contributed by atoms with Crippen molar-refractivity contribution in [1.29, 1.82) is 0 Å². The molecule has 0 saturated heterocycles. The maximum atomic E-state index is 15.0. The molecule has 3 nitrogen and oxygen atoms in total. The highest BCUT2D eigenvalue weighted by Gasteiger charge is 2.31. The summed E-state index contributed by atoms with van der Waals surface area (Å²) in [5.74, 6) is -0.234. The van der Waals surface area contributed by atoms with E-state index in [2.05, 4.69) is 6.92 Å². The average molecular weight is 647 g/mol. The summed E-state index contributed by atoms with van der Waals surface area (Å²) < 4.78 is 74.9. The van der Waals surface area contributed by atoms with Crippen LogP contribution >= 0.6 is 0 Å². The fourth-order valence-electron chi connectivity index (χ4n) is 8.57. The molecule has 0 heterocycles. The topological polar surface area (TPSA) is 27.7 Å². The predicted molar refractivity (Wildman–Crippen MR) is 175 cm³/mol. The van der Waals surface area contributed by atoms with Crippen molar-refractivity contribution < 1.29 is 31.8 Å². The molecule has 7 heteroatoms. The van der Waals surface area contributed by atoms with E-state index in [1.54, 1.807) is 19.1 Å². The Balaban J connectivity index is 0.965. The minimum atomic E-state index is -0.991. The van der Waals surface area contributed by atoms with E-state index in [0.29, 0.717) is 30.6 Å². The monoisotopic (exact) mass is 646 g/mol. The molecule has 0 radical (unpaired) electrons. The van der Waals surface area contributed by atoms with Crippen molar-refractivity contribution in [1.82, 2.24) is 0 Å². The molecule has 0 bridgehead atoms. The molecule has 0 N–H and O–H groups in total. The van der Waals surface area contributed by atoms with Crippen LogP contribution in [0.25, 0.3) is 0 Å². The van der Waals surface area contributed by atoms with Gasteiger partial charge in [-0.05, 0) is 143 Å². The van der Waals surface area contributed by atoms with Gasteiger partial charge in [0.2, 0.25) is 17.5 Å². The number of halogens is 4. The Bertz CT molecular complexity index is 1230. The maximum Gasteiger partial charge on any atom is 0.204 e. The van der Waals surface area contributed by atoms with Gasteiger partial charge in [0.15, 0.2) is 23.1 Å². The molecule has 0 amide bonds. The third-order valence-corrected chi connectivity index (χ3v) is 11.3. The van der Waals surface area contributed by atoms with Gasteiger partial charge in [0.25, 0.3) is 0 Å². The van der Waals surface area contributed by atoms with Crippen LogP contribution in [0.15, 0.2) is 24.3 Å². The van der Waals surface area contributed by atoms with Crippen LogP contribution in [0.3, 0.4) is 0 Å². The average Bonchev–Trinajstić information content (AvgIpc) is 3.08. The van der Waals surface area contributed by atoms with E-state index in [9.17, 15) is 17.6 Å². The van der Waals surface area contributed by atoms with Crippen molar-refractivity contribution in [3.63, 3.8) is 0 Å². The summed E-state index contributed by atoms with van der Waals surface area (Å²) in [5.41, 5.74) is 0.523. The van der Waals surface area contributed by atoms with Crippen LogP contribution < -0.4 is 14.2 Å². The molecule has 0 spiro atoms. The highest BCUT2D eigenvalue weighted by Crippen LogP contribution is 2.43. The van der Waals surface area contributed by atoms with E-state index in [4.69, 9.17) is 14.2 Å². The molecular formula is C39H54F4O3. The van der Waals surface area contributed by atoms with E-state index in [1.165, 1.54) is 63.5 Å². The predicted octanol–water partition coefficient (Wildman–Crippen LogP) is 11.6. The van der Waals surface area contributed by atoms with Crippen LogP contribution in [-0.2, 0) is 0 Å². The second-order valence-electron chi connectivity index (χ2n) is 14.3. The first-order valence-electron chi connectivity index (χ1n) is 18.2. The van der Waals surface area contributed by atoms with Crippen molar-refractivity contribution in [2.45, 2.75) is 122 Å². The van der Waals surface area contributed by atoms with Gasteiger partial charge in [-0.1, -0.05) is 38.7 Å². The number of ether oxygens (including phenoxy) is 3. The summed E-state index contributed by atoms with van der Waals surface area (Å²) in [6.45, 7) is 5.04. The first-order valence-corrected chi connectivity index (χ1v) is 18.2. The summed E-state index contributed by atoms with van der Waals surface area (Å²) in [6, 6.07) is 6.27. The van der Waals surface area contributed by atoms with E-state index in [0.717, 1.165) is 69.1 Å². The number of benzene rings is 2. The van der Waals surface area contributed by atoms with Crippen LogP contribution in [-0.4, -0.2) is 19.8 Å². The Morgan fingerprint density at radius 1 is 0.543 bits per heavy atom. The van der Waals surface area contributed by atoms with Crippen LogP contribution in [0.2, 0.25) is 0 Å². The van der Waals surface area contributed by atoms with Crippen LogP contribution in [0.1, 0.15) is 128 Å². The Kier molecular flexibility index (Phi) is 13.0. The zero-order valence-electron chi connectivity index (χ0n) is 27.9. The van der Waals surface area contributed by atoms with Crippen molar-refractivity contribution in [2.75, 3.05) is 19.8 Å². The molecule has 3 aliphatic rings. The minimum Gasteiger partial charge on any atom is -0.491 e. The van der Waals surface area contributed by atoms with Gasteiger partial charge >= 0.3 is 0 Å². The lowest BCUT2D eigenvalue weighted by Crippen LogP contribution is -2.27. The van der Waals surface area contributed by atoms with Crippen LogP contribution in [0, 0.1) is 52.9 Å². The van der Waals surface area contributed by atoms with Gasteiger partial charge in [0.1, 0.15) is 0 Å². The molecule has 46 heavy (non-hydrogen) atoms. The smallest absolute Gasteiger partial charge is 0.204 e. The Labute approximate surface area is 273 Å². The second kappa shape index (κ2) is 17.1. The fraction of sp³-hybridized carbons (Fsp3) is 0.692. The highest BCUT2D eigenvalue weighted by molar-refractivity contribution is 5.35. The summed E-state index contributed by atoms with van der Waals surface area (Å²) in [6.07, 6.45) is 17.8. The molecular weight excluding hydrogens is 592 g/mol. The molecule has 3 aliphatic carbocycles. The summed E-state index contributed by atoms with van der Waals surface area (Å²) in [5, 5.41) is 0. The highest BCUT2D eigenvalue weighted by atomic mass is 19.2. The molecule has 0 aliphatic heterocycles. The zero-order chi connectivity index (χ0) is 32.5. The molecule has 5 rings (SSSR count). The standard InChI is InChI=1S/C39H54F4O3/c1-3-6-26-10-18-31(19-11-26)32-20-21-34(37(41)36(32)40)45-24-5-7-27-8-14-29(15-9-27)30-16-12-28(13-17-30)25-46-35-23-22-33(44-4-2)38(42)39(35)43/h20-23,26-31H,3-19,24-25H2,1-2H3. The zero-order valence-corrected chi connectivity index (χ0v) is 27.9. The Morgan fingerprint density at radius 3 is 1.65 bits per heavy atom. The van der Waals surface area contributed by atoms with Gasteiger partial charge < -0.3 is 14.2 Å². The normalized spacial score (nSPS) is 26.9. The number of rotatable bonds is 14. The third kappa shape index (κ3) is 8.92. The second-order valence-corrected chi connectivity index (χ2v) is 14.3. The van der Waals surface area contributed by atoms with Gasteiger partial charge in [-0.25, -0.2) is 4.39 Å². The Morgan fingerprint density at radius 2 is 1.04 bits per heavy atom. The first-order chi connectivity index (χ1) is 22.4. The van der Waals surface area contributed by atoms with Crippen LogP contribution in [0.4, 0.5) is 17.6 Å². The van der Waals surface area contributed by atoms with Crippen molar-refractivity contribution in [2.24, 2.45) is 29.6 Å². The number of hydrogen-bond donors (Lipinski definition) is 0. The summed E-state index contributed by atoms with van der Waals surface area (Å²) in [4.78, 5) is 0. The lowest BCUT2D eigenvalue weighted by Gasteiger charge is -2.38. The van der Waals surface area contributed by atoms with E-state index in [-0.39, 0.29) is 29.8 Å². The van der Waals surface area contributed by atoms with Gasteiger partial charge in [0.05, 0.1) is 19.8 Å².